The van der Waals surface area contributed by atoms with E-state index in [0.717, 1.165) is 0 Å². The summed E-state index contributed by atoms with van der Waals surface area (Å²) in [5, 5.41) is 0. The number of likely N-dealkylation sites (N-methyl/N-ethyl adjacent to an activating group) is 4. The van der Waals surface area contributed by atoms with Crippen molar-refractivity contribution in [2.75, 3.05) is 135 Å². The van der Waals surface area contributed by atoms with Gasteiger partial charge in [0, 0.05) is 37.3 Å². The lowest BCUT2D eigenvalue weighted by Crippen LogP contribution is -2.61. The van der Waals surface area contributed by atoms with Crippen LogP contribution >= 0.6 is 0 Å². The Morgan fingerprint density at radius 3 is 0.800 bits per heavy atom. The summed E-state index contributed by atoms with van der Waals surface area (Å²) >= 11 is 0. The van der Waals surface area contributed by atoms with Crippen LogP contribution in [-0.2, 0) is 0 Å². The molecule has 360 valence electrons. The third-order valence-corrected chi connectivity index (χ3v) is 15.7. The molecule has 2 unspecified atom stereocenters. The summed E-state index contributed by atoms with van der Waals surface area (Å²) in [6.07, 6.45) is 28.3. The monoisotopic (exact) mass is 849 g/mol. The van der Waals surface area contributed by atoms with E-state index in [2.05, 4.69) is 95.6 Å². The van der Waals surface area contributed by atoms with Crippen molar-refractivity contribution < 1.29 is 0 Å². The topological polar surface area (TPSA) is 25.9 Å². The van der Waals surface area contributed by atoms with E-state index >= 15 is 0 Å². The average Bonchev–Trinajstić information content (AvgIpc) is 3.26. The normalized spacial score (nSPS) is 30.4. The van der Waals surface area contributed by atoms with Crippen LogP contribution in [-0.4, -0.2) is 191 Å². The highest BCUT2D eigenvalue weighted by Crippen LogP contribution is 2.39. The van der Waals surface area contributed by atoms with E-state index in [1.165, 1.54) is 207 Å². The summed E-state index contributed by atoms with van der Waals surface area (Å²) in [7, 11) is 18.3. The number of piperidine rings is 8. The minimum absolute atomic E-state index is 0.441. The van der Waals surface area contributed by atoms with Gasteiger partial charge in [-0.3, -0.25) is 19.6 Å². The quantitative estimate of drug-likeness (QED) is 0.238. The second kappa shape index (κ2) is 30.7. The molecular formula is C52H112N8. The zero-order chi connectivity index (χ0) is 45.2. The van der Waals surface area contributed by atoms with Crippen molar-refractivity contribution in [3.63, 3.8) is 0 Å². The number of hydrogen-bond acceptors (Lipinski definition) is 8. The molecule has 0 amide bonds. The van der Waals surface area contributed by atoms with Crippen LogP contribution in [0.1, 0.15) is 184 Å². The third kappa shape index (κ3) is 17.2. The van der Waals surface area contributed by atoms with Gasteiger partial charge in [-0.15, -0.1) is 0 Å². The van der Waals surface area contributed by atoms with E-state index in [0.29, 0.717) is 22.2 Å². The molecule has 8 fully saturated rings. The Morgan fingerprint density at radius 2 is 0.517 bits per heavy atom. The van der Waals surface area contributed by atoms with Crippen LogP contribution in [0.25, 0.3) is 0 Å². The van der Waals surface area contributed by atoms with E-state index < -0.39 is 0 Å². The first kappa shape index (κ1) is 57.7. The Morgan fingerprint density at radius 1 is 0.250 bits per heavy atom. The lowest BCUT2D eigenvalue weighted by atomic mass is 9.74. The van der Waals surface area contributed by atoms with E-state index in [-0.39, 0.29) is 0 Å². The van der Waals surface area contributed by atoms with Gasteiger partial charge in [-0.25, -0.2) is 0 Å². The number of rotatable bonds is 0. The predicted octanol–water partition coefficient (Wildman–Crippen LogP) is 10.6. The van der Waals surface area contributed by atoms with Gasteiger partial charge in [0.1, 0.15) is 0 Å². The number of hydrogen-bond donors (Lipinski definition) is 0. The molecule has 8 nitrogen and oxygen atoms in total. The summed E-state index contributed by atoms with van der Waals surface area (Å²) in [5.41, 5.74) is 2.19. The fraction of sp³-hybridized carbons (Fsp3) is 1.00. The lowest BCUT2D eigenvalue weighted by molar-refractivity contribution is -0.0810. The fourth-order valence-electron chi connectivity index (χ4n) is 12.5. The van der Waals surface area contributed by atoms with Crippen molar-refractivity contribution in [1.29, 1.82) is 0 Å². The first-order valence-corrected chi connectivity index (χ1v) is 26.5. The molecule has 60 heavy (non-hydrogen) atoms. The van der Waals surface area contributed by atoms with Gasteiger partial charge in [-0.1, -0.05) is 68.2 Å². The van der Waals surface area contributed by atoms with E-state index in [1.54, 1.807) is 0 Å². The molecule has 8 rings (SSSR count). The molecule has 0 saturated carbocycles. The highest BCUT2D eigenvalue weighted by atomic mass is 15.4. The van der Waals surface area contributed by atoms with E-state index in [1.807, 2.05) is 55.4 Å². The summed E-state index contributed by atoms with van der Waals surface area (Å²) in [6.45, 7) is 31.7. The molecule has 2 atom stereocenters. The molecule has 0 N–H and O–H groups in total. The Bertz CT molecular complexity index is 953. The second-order valence-electron chi connectivity index (χ2n) is 19.8. The van der Waals surface area contributed by atoms with Gasteiger partial charge in [-0.05, 0) is 230 Å². The van der Waals surface area contributed by atoms with Crippen molar-refractivity contribution in [2.45, 2.75) is 201 Å². The molecule has 0 bridgehead atoms. The molecule has 0 aromatic carbocycles. The van der Waals surface area contributed by atoms with Gasteiger partial charge in [0.15, 0.2) is 0 Å². The molecule has 0 aromatic heterocycles. The Balaban J connectivity index is 0.000000378. The molecule has 8 saturated heterocycles. The molecule has 0 radical (unpaired) electrons. The lowest BCUT2D eigenvalue weighted by Gasteiger charge is -2.53. The zero-order valence-corrected chi connectivity index (χ0v) is 44.2. The van der Waals surface area contributed by atoms with Crippen molar-refractivity contribution in [3.05, 3.63) is 0 Å². The van der Waals surface area contributed by atoms with Crippen molar-refractivity contribution >= 4 is 0 Å². The standard InChI is InChI=1S/4C11H22N2.4C2H6/c1-12-7-3-5-11(9-12)6-4-8-13(2)10-11;1-12-9-5-3-7-11(12)8-4-6-10-13(11)2;2*1-12-8-5-7-11(10-12)6-3-4-9-13(11)2;4*1-2/h4*3-10H2,1-2H3;4*1-2H3. The van der Waals surface area contributed by atoms with Crippen LogP contribution in [0.15, 0.2) is 0 Å². The third-order valence-electron chi connectivity index (χ3n) is 15.7. The van der Waals surface area contributed by atoms with Gasteiger partial charge < -0.3 is 19.6 Å². The first-order chi connectivity index (χ1) is 28.9. The first-order valence-electron chi connectivity index (χ1n) is 26.5. The highest BCUT2D eigenvalue weighted by molar-refractivity contribution is 4.98. The van der Waals surface area contributed by atoms with E-state index in [9.17, 15) is 0 Å². The van der Waals surface area contributed by atoms with Gasteiger partial charge in [0.25, 0.3) is 0 Å². The van der Waals surface area contributed by atoms with Gasteiger partial charge in [0.2, 0.25) is 0 Å². The minimum Gasteiger partial charge on any atom is -0.306 e. The molecule has 4 spiro atoms. The van der Waals surface area contributed by atoms with Crippen LogP contribution in [0.5, 0.6) is 0 Å². The molecule has 8 heteroatoms. The maximum absolute atomic E-state index is 2.62. The molecule has 8 aliphatic heterocycles. The highest BCUT2D eigenvalue weighted by Gasteiger charge is 2.42. The van der Waals surface area contributed by atoms with Crippen molar-refractivity contribution in [3.8, 4) is 0 Å². The van der Waals surface area contributed by atoms with Gasteiger partial charge in [0.05, 0.1) is 5.66 Å². The van der Waals surface area contributed by atoms with Crippen LogP contribution < -0.4 is 0 Å². The minimum atomic E-state index is 0.441. The predicted molar refractivity (Wildman–Crippen MR) is 269 cm³/mol. The number of nitrogens with zero attached hydrogens (tertiary/aromatic N) is 8. The fourth-order valence-corrected chi connectivity index (χ4v) is 12.5. The number of likely N-dealkylation sites (tertiary alicyclic amines) is 8. The smallest absolute Gasteiger partial charge is 0.0732 e. The molecule has 0 aliphatic carbocycles. The maximum atomic E-state index is 2.62. The largest absolute Gasteiger partial charge is 0.306 e. The summed E-state index contributed by atoms with van der Waals surface area (Å²) < 4.78 is 0. The molecule has 8 heterocycles. The summed E-state index contributed by atoms with van der Waals surface area (Å²) in [6, 6.07) is 0. The Labute approximate surface area is 378 Å². The summed E-state index contributed by atoms with van der Waals surface area (Å²) in [5.74, 6) is 0. The molecule has 0 aromatic rings. The SMILES string of the molecule is CC.CC.CC.CC.CN1CCCC2(CCCCN2C)C1.CN1CCCC2(CCCCN2C)C1.CN1CCCC2(CCCN(C)C2)C1.CN1CCCCC12CCCCN2C. The molecular weight excluding hydrogens is 737 g/mol. The second-order valence-corrected chi connectivity index (χ2v) is 19.8. The van der Waals surface area contributed by atoms with Gasteiger partial charge in [-0.2, -0.15) is 0 Å². The zero-order valence-electron chi connectivity index (χ0n) is 44.2. The summed E-state index contributed by atoms with van der Waals surface area (Å²) in [4.78, 5) is 20.5. The van der Waals surface area contributed by atoms with Crippen LogP contribution in [0.3, 0.4) is 0 Å². The van der Waals surface area contributed by atoms with Crippen LogP contribution in [0.2, 0.25) is 0 Å². The maximum Gasteiger partial charge on any atom is 0.0732 e. The molecule has 8 aliphatic rings. The van der Waals surface area contributed by atoms with Crippen LogP contribution in [0, 0.1) is 5.41 Å². The average molecular weight is 850 g/mol. The van der Waals surface area contributed by atoms with Gasteiger partial charge >= 0.3 is 0 Å². The van der Waals surface area contributed by atoms with E-state index in [4.69, 9.17) is 0 Å². The Kier molecular flexibility index (Phi) is 29.6. The van der Waals surface area contributed by atoms with Crippen LogP contribution in [0.4, 0.5) is 0 Å². The Hall–Kier alpha value is -0.320. The van der Waals surface area contributed by atoms with Crippen molar-refractivity contribution in [2.24, 2.45) is 5.41 Å². The van der Waals surface area contributed by atoms with Crippen molar-refractivity contribution in [1.82, 2.24) is 39.2 Å².